The average Bonchev–Trinajstić information content (AvgIpc) is 2.62. The number of hydrogen-bond acceptors (Lipinski definition) is 6. The molecule has 2 aliphatic heterocycles. The molecule has 1 N–H and O–H groups in total. The van der Waals surface area contributed by atoms with Crippen LogP contribution in [0.2, 0.25) is 10.0 Å². The van der Waals surface area contributed by atoms with Gasteiger partial charge >= 0.3 is 16.4 Å². The van der Waals surface area contributed by atoms with E-state index in [1.807, 2.05) is 0 Å². The molecule has 0 aromatic heterocycles. The second-order valence-electron chi connectivity index (χ2n) is 6.81. The summed E-state index contributed by atoms with van der Waals surface area (Å²) in [7, 11) is -4.41. The topological polar surface area (TPSA) is 84.9 Å². The number of carbonyl (C=O) groups is 1. The molecule has 2 fully saturated rings. The van der Waals surface area contributed by atoms with Crippen LogP contribution in [0.5, 0.6) is 5.75 Å². The summed E-state index contributed by atoms with van der Waals surface area (Å²) < 4.78 is 35.7. The Kier molecular flexibility index (Phi) is 6.73. The molecule has 150 valence electrons. The fourth-order valence-electron chi connectivity index (χ4n) is 3.77. The van der Waals surface area contributed by atoms with Crippen LogP contribution in [0.4, 0.5) is 4.79 Å². The van der Waals surface area contributed by atoms with E-state index in [1.54, 1.807) is 4.72 Å². The number of benzene rings is 1. The van der Waals surface area contributed by atoms with Gasteiger partial charge in [-0.3, -0.25) is 4.90 Å². The lowest BCUT2D eigenvalue weighted by atomic mass is 9.84. The maximum absolute atomic E-state index is 12.0. The SMILES string of the molecule is O=C(NS(=O)(=O)Oc1ccc(Cl)cc1Cl)OC[C@@H]1CCCN2CCCCC12. The van der Waals surface area contributed by atoms with Crippen molar-refractivity contribution < 1.29 is 22.1 Å². The van der Waals surface area contributed by atoms with Crippen LogP contribution in [0, 0.1) is 5.92 Å². The Morgan fingerprint density at radius 2 is 1.96 bits per heavy atom. The molecule has 2 saturated heterocycles. The Labute approximate surface area is 169 Å². The van der Waals surface area contributed by atoms with Gasteiger partial charge in [-0.05, 0) is 57.0 Å². The van der Waals surface area contributed by atoms with Crippen LogP contribution in [0.25, 0.3) is 0 Å². The quantitative estimate of drug-likeness (QED) is 0.758. The molecule has 0 saturated carbocycles. The van der Waals surface area contributed by atoms with E-state index in [9.17, 15) is 13.2 Å². The van der Waals surface area contributed by atoms with Crippen LogP contribution in [-0.2, 0) is 15.0 Å². The molecule has 1 aromatic rings. The van der Waals surface area contributed by atoms with Gasteiger partial charge in [-0.2, -0.15) is 13.1 Å². The van der Waals surface area contributed by atoms with Crippen molar-refractivity contribution in [3.8, 4) is 5.75 Å². The molecular formula is C17H22Cl2N2O5S. The Hall–Kier alpha value is -1.22. The van der Waals surface area contributed by atoms with Gasteiger partial charge in [0.05, 0.1) is 11.6 Å². The summed E-state index contributed by atoms with van der Waals surface area (Å²) in [4.78, 5) is 14.4. The summed E-state index contributed by atoms with van der Waals surface area (Å²) >= 11 is 11.6. The second kappa shape index (κ2) is 8.86. The maximum atomic E-state index is 12.0. The van der Waals surface area contributed by atoms with Crippen LogP contribution in [0.15, 0.2) is 18.2 Å². The van der Waals surface area contributed by atoms with Crippen LogP contribution in [-0.4, -0.2) is 45.1 Å². The number of fused-ring (bicyclic) bond motifs is 1. The molecule has 10 heteroatoms. The Balaban J connectivity index is 1.52. The van der Waals surface area contributed by atoms with E-state index < -0.39 is 16.4 Å². The van der Waals surface area contributed by atoms with Gasteiger partial charge < -0.3 is 8.92 Å². The fourth-order valence-corrected chi connectivity index (χ4v) is 4.95. The highest BCUT2D eigenvalue weighted by molar-refractivity contribution is 7.85. The minimum Gasteiger partial charge on any atom is -0.448 e. The minimum atomic E-state index is -4.41. The minimum absolute atomic E-state index is 0.0147. The normalized spacial score (nSPS) is 23.3. The van der Waals surface area contributed by atoms with E-state index in [0.29, 0.717) is 11.1 Å². The third kappa shape index (κ3) is 5.63. The smallest absolute Gasteiger partial charge is 0.423 e. The van der Waals surface area contributed by atoms with Crippen LogP contribution in [0.3, 0.4) is 0 Å². The lowest BCUT2D eigenvalue weighted by Gasteiger charge is -2.44. The lowest BCUT2D eigenvalue weighted by Crippen LogP contribution is -2.49. The molecular weight excluding hydrogens is 415 g/mol. The van der Waals surface area contributed by atoms with E-state index in [-0.39, 0.29) is 23.3 Å². The molecule has 0 radical (unpaired) electrons. The summed E-state index contributed by atoms with van der Waals surface area (Å²) in [5.74, 6) is 0.0885. The van der Waals surface area contributed by atoms with E-state index >= 15 is 0 Å². The monoisotopic (exact) mass is 436 g/mol. The highest BCUT2D eigenvalue weighted by Crippen LogP contribution is 2.31. The number of rotatable bonds is 5. The predicted molar refractivity (Wildman–Crippen MR) is 102 cm³/mol. The van der Waals surface area contributed by atoms with E-state index in [0.717, 1.165) is 32.4 Å². The highest BCUT2D eigenvalue weighted by Gasteiger charge is 2.34. The number of nitrogens with zero attached hydrogens (tertiary/aromatic N) is 1. The molecule has 2 atom stereocenters. The number of nitrogens with one attached hydrogen (secondary N) is 1. The van der Waals surface area contributed by atoms with Gasteiger partial charge in [0.15, 0.2) is 5.75 Å². The third-order valence-corrected chi connectivity index (χ3v) is 6.30. The van der Waals surface area contributed by atoms with Gasteiger partial charge in [0.25, 0.3) is 0 Å². The third-order valence-electron chi connectivity index (χ3n) is 4.96. The molecule has 0 aliphatic carbocycles. The second-order valence-corrected chi connectivity index (χ2v) is 8.94. The maximum Gasteiger partial charge on any atom is 0.423 e. The molecule has 2 aliphatic rings. The lowest BCUT2D eigenvalue weighted by molar-refractivity contribution is 0.0244. The highest BCUT2D eigenvalue weighted by atomic mass is 35.5. The van der Waals surface area contributed by atoms with Crippen molar-refractivity contribution in [3.63, 3.8) is 0 Å². The number of piperidine rings is 2. The number of amides is 1. The summed E-state index contributed by atoms with van der Waals surface area (Å²) in [5.41, 5.74) is 0. The van der Waals surface area contributed by atoms with Crippen molar-refractivity contribution in [2.75, 3.05) is 19.7 Å². The molecule has 1 aromatic carbocycles. The number of hydrogen-bond donors (Lipinski definition) is 1. The standard InChI is InChI=1S/C17H22Cl2N2O5S/c18-13-6-7-16(14(19)10-13)26-27(23,24)20-17(22)25-11-12-4-3-9-21-8-2-1-5-15(12)21/h6-7,10,12,15H,1-5,8-9,11H2,(H,20,22)/t12-,15?/m0/s1. The molecule has 0 spiro atoms. The average molecular weight is 437 g/mol. The molecule has 3 rings (SSSR count). The molecule has 27 heavy (non-hydrogen) atoms. The van der Waals surface area contributed by atoms with Crippen LogP contribution in [0.1, 0.15) is 32.1 Å². The number of carbonyl (C=O) groups excluding carboxylic acids is 1. The van der Waals surface area contributed by atoms with Crippen molar-refractivity contribution >= 4 is 39.6 Å². The zero-order chi connectivity index (χ0) is 19.4. The predicted octanol–water partition coefficient (Wildman–Crippen LogP) is 3.61. The number of ether oxygens (including phenoxy) is 1. The van der Waals surface area contributed by atoms with Gasteiger partial charge in [-0.25, -0.2) is 4.79 Å². The largest absolute Gasteiger partial charge is 0.448 e. The van der Waals surface area contributed by atoms with Crippen molar-refractivity contribution in [1.82, 2.24) is 9.62 Å². The van der Waals surface area contributed by atoms with Crippen molar-refractivity contribution in [3.05, 3.63) is 28.2 Å². The van der Waals surface area contributed by atoms with E-state index in [1.165, 1.54) is 31.0 Å². The van der Waals surface area contributed by atoms with Crippen molar-refractivity contribution in [2.24, 2.45) is 5.92 Å². The zero-order valence-corrected chi connectivity index (χ0v) is 17.0. The summed E-state index contributed by atoms with van der Waals surface area (Å²) in [6.07, 6.45) is 4.43. The molecule has 7 nitrogen and oxygen atoms in total. The zero-order valence-electron chi connectivity index (χ0n) is 14.7. The van der Waals surface area contributed by atoms with Crippen LogP contribution >= 0.6 is 23.2 Å². The van der Waals surface area contributed by atoms with E-state index in [4.69, 9.17) is 32.1 Å². The first kappa shape index (κ1) is 20.5. The fraction of sp³-hybridized carbons (Fsp3) is 0.588. The number of halogens is 2. The van der Waals surface area contributed by atoms with Gasteiger partial charge in [0.2, 0.25) is 0 Å². The van der Waals surface area contributed by atoms with Gasteiger partial charge in [-0.15, -0.1) is 0 Å². The summed E-state index contributed by atoms with van der Waals surface area (Å²) in [5, 5.41) is 0.349. The first-order valence-corrected chi connectivity index (χ1v) is 11.1. The van der Waals surface area contributed by atoms with Crippen molar-refractivity contribution in [2.45, 2.75) is 38.1 Å². The Morgan fingerprint density at radius 3 is 2.74 bits per heavy atom. The molecule has 1 amide bonds. The van der Waals surface area contributed by atoms with Crippen LogP contribution < -0.4 is 8.91 Å². The first-order valence-electron chi connectivity index (χ1n) is 8.92. The van der Waals surface area contributed by atoms with Gasteiger partial charge in [0, 0.05) is 17.0 Å². The summed E-state index contributed by atoms with van der Waals surface area (Å²) in [6, 6.07) is 4.47. The van der Waals surface area contributed by atoms with Crippen molar-refractivity contribution in [1.29, 1.82) is 0 Å². The van der Waals surface area contributed by atoms with Gasteiger partial charge in [0.1, 0.15) is 0 Å². The van der Waals surface area contributed by atoms with Gasteiger partial charge in [-0.1, -0.05) is 29.6 Å². The molecule has 2 heterocycles. The Bertz CT molecular complexity index is 788. The van der Waals surface area contributed by atoms with E-state index in [2.05, 4.69) is 4.90 Å². The molecule has 1 unspecified atom stereocenters. The molecule has 0 bridgehead atoms. The summed E-state index contributed by atoms with van der Waals surface area (Å²) in [6.45, 7) is 2.35. The first-order chi connectivity index (χ1) is 12.8. The Morgan fingerprint density at radius 1 is 1.19 bits per heavy atom.